The van der Waals surface area contributed by atoms with Crippen molar-refractivity contribution in [1.82, 2.24) is 14.7 Å². The monoisotopic (exact) mass is 310 g/mol. The van der Waals surface area contributed by atoms with Gasteiger partial charge in [0.25, 0.3) is 0 Å². The van der Waals surface area contributed by atoms with Gasteiger partial charge in [-0.05, 0) is 32.4 Å². The van der Waals surface area contributed by atoms with Crippen LogP contribution in [0.1, 0.15) is 33.1 Å². The van der Waals surface area contributed by atoms with Gasteiger partial charge in [0.1, 0.15) is 0 Å². The second-order valence-corrected chi connectivity index (χ2v) is 6.44. The molecule has 126 valence electrons. The van der Waals surface area contributed by atoms with E-state index in [9.17, 15) is 9.59 Å². The van der Waals surface area contributed by atoms with Gasteiger partial charge < -0.3 is 15.5 Å². The van der Waals surface area contributed by atoms with Gasteiger partial charge in [0.15, 0.2) is 0 Å². The maximum absolute atomic E-state index is 12.5. The van der Waals surface area contributed by atoms with Gasteiger partial charge >= 0.3 is 0 Å². The second-order valence-electron chi connectivity index (χ2n) is 6.44. The average molecular weight is 310 g/mol. The van der Waals surface area contributed by atoms with Crippen LogP contribution in [0.5, 0.6) is 0 Å². The third-order valence-corrected chi connectivity index (χ3v) is 5.02. The highest BCUT2D eigenvalue weighted by atomic mass is 16.2. The van der Waals surface area contributed by atoms with Crippen LogP contribution in [0.25, 0.3) is 0 Å². The van der Waals surface area contributed by atoms with Crippen LogP contribution in [0.3, 0.4) is 0 Å². The van der Waals surface area contributed by atoms with Crippen molar-refractivity contribution in [2.24, 2.45) is 11.7 Å². The van der Waals surface area contributed by atoms with Gasteiger partial charge in [-0.3, -0.25) is 14.5 Å². The van der Waals surface area contributed by atoms with Gasteiger partial charge in [-0.25, -0.2) is 0 Å². The first-order chi connectivity index (χ1) is 10.5. The second kappa shape index (κ2) is 7.92. The standard InChI is InChI=1S/C16H30N4O2/c1-3-18(4-2)12-15(21)19-7-9-20(10-8-19)16(22)13-5-6-14(17)11-13/h13-14H,3-12,17H2,1-2H3. The molecular formula is C16H30N4O2. The summed E-state index contributed by atoms with van der Waals surface area (Å²) >= 11 is 0. The number of rotatable bonds is 5. The number of amides is 2. The van der Waals surface area contributed by atoms with Crippen LogP contribution < -0.4 is 5.73 Å². The Morgan fingerprint density at radius 3 is 2.14 bits per heavy atom. The SMILES string of the molecule is CCN(CC)CC(=O)N1CCN(C(=O)C2CCC(N)C2)CC1. The van der Waals surface area contributed by atoms with E-state index in [-0.39, 0.29) is 23.8 Å². The summed E-state index contributed by atoms with van der Waals surface area (Å²) in [4.78, 5) is 30.7. The fraction of sp³-hybridized carbons (Fsp3) is 0.875. The molecule has 6 nitrogen and oxygen atoms in total. The molecule has 0 spiro atoms. The molecule has 1 saturated heterocycles. The number of carbonyl (C=O) groups excluding carboxylic acids is 2. The first-order valence-corrected chi connectivity index (χ1v) is 8.59. The van der Waals surface area contributed by atoms with E-state index >= 15 is 0 Å². The minimum atomic E-state index is 0.105. The van der Waals surface area contributed by atoms with Crippen LogP contribution in [0, 0.1) is 5.92 Å². The van der Waals surface area contributed by atoms with Gasteiger partial charge in [-0.1, -0.05) is 13.8 Å². The summed E-state index contributed by atoms with van der Waals surface area (Å²) < 4.78 is 0. The highest BCUT2D eigenvalue weighted by Crippen LogP contribution is 2.26. The highest BCUT2D eigenvalue weighted by molar-refractivity contribution is 5.81. The average Bonchev–Trinajstić information content (AvgIpc) is 2.98. The van der Waals surface area contributed by atoms with E-state index < -0.39 is 0 Å². The van der Waals surface area contributed by atoms with Crippen molar-refractivity contribution in [1.29, 1.82) is 0 Å². The molecule has 1 aliphatic carbocycles. The molecular weight excluding hydrogens is 280 g/mol. The predicted octanol–water partition coefficient (Wildman–Crippen LogP) is 0.126. The van der Waals surface area contributed by atoms with E-state index in [2.05, 4.69) is 18.7 Å². The summed E-state index contributed by atoms with van der Waals surface area (Å²) in [6.07, 6.45) is 2.69. The van der Waals surface area contributed by atoms with Gasteiger partial charge in [0, 0.05) is 38.1 Å². The summed E-state index contributed by atoms with van der Waals surface area (Å²) in [7, 11) is 0. The molecule has 1 heterocycles. The maximum Gasteiger partial charge on any atom is 0.236 e. The zero-order valence-electron chi connectivity index (χ0n) is 14.0. The van der Waals surface area contributed by atoms with E-state index in [0.717, 1.165) is 32.4 Å². The van der Waals surface area contributed by atoms with Crippen molar-refractivity contribution in [2.75, 3.05) is 45.8 Å². The lowest BCUT2D eigenvalue weighted by molar-refractivity contribution is -0.142. The lowest BCUT2D eigenvalue weighted by Crippen LogP contribution is -2.53. The van der Waals surface area contributed by atoms with Crippen LogP contribution in [0.15, 0.2) is 0 Å². The van der Waals surface area contributed by atoms with E-state index in [4.69, 9.17) is 5.73 Å². The summed E-state index contributed by atoms with van der Waals surface area (Å²) in [6, 6.07) is 0.186. The lowest BCUT2D eigenvalue weighted by atomic mass is 10.1. The van der Waals surface area contributed by atoms with Crippen molar-refractivity contribution in [3.05, 3.63) is 0 Å². The summed E-state index contributed by atoms with van der Waals surface area (Å²) in [5.74, 6) is 0.524. The van der Waals surface area contributed by atoms with Crippen LogP contribution in [0.4, 0.5) is 0 Å². The smallest absolute Gasteiger partial charge is 0.236 e. The van der Waals surface area contributed by atoms with E-state index in [1.807, 2.05) is 9.80 Å². The van der Waals surface area contributed by atoms with E-state index in [1.165, 1.54) is 0 Å². The molecule has 0 aromatic carbocycles. The molecule has 0 bridgehead atoms. The summed E-state index contributed by atoms with van der Waals surface area (Å²) in [5, 5.41) is 0. The molecule has 2 aliphatic rings. The highest BCUT2D eigenvalue weighted by Gasteiger charge is 2.33. The third kappa shape index (κ3) is 4.20. The fourth-order valence-electron chi connectivity index (χ4n) is 3.41. The molecule has 1 saturated carbocycles. The van der Waals surface area contributed by atoms with Crippen molar-refractivity contribution < 1.29 is 9.59 Å². The number of piperazine rings is 1. The molecule has 2 unspecified atom stereocenters. The number of hydrogen-bond acceptors (Lipinski definition) is 4. The normalized spacial score (nSPS) is 25.8. The van der Waals surface area contributed by atoms with E-state index in [1.54, 1.807) is 0 Å². The van der Waals surface area contributed by atoms with Crippen LogP contribution in [0.2, 0.25) is 0 Å². The van der Waals surface area contributed by atoms with Crippen molar-refractivity contribution in [3.8, 4) is 0 Å². The molecule has 1 aliphatic heterocycles. The Balaban J connectivity index is 1.77. The predicted molar refractivity (Wildman–Crippen MR) is 86.3 cm³/mol. The number of hydrogen-bond donors (Lipinski definition) is 1. The van der Waals surface area contributed by atoms with Gasteiger partial charge in [0.2, 0.25) is 11.8 Å². The summed E-state index contributed by atoms with van der Waals surface area (Å²) in [6.45, 7) is 9.04. The van der Waals surface area contributed by atoms with Gasteiger partial charge in [-0.2, -0.15) is 0 Å². The van der Waals surface area contributed by atoms with Crippen LogP contribution in [-0.2, 0) is 9.59 Å². The Labute approximate surface area is 133 Å². The van der Waals surface area contributed by atoms with Crippen molar-refractivity contribution >= 4 is 11.8 Å². The number of carbonyl (C=O) groups is 2. The summed E-state index contributed by atoms with van der Waals surface area (Å²) in [5.41, 5.74) is 5.90. The minimum Gasteiger partial charge on any atom is -0.339 e. The Hall–Kier alpha value is -1.14. The van der Waals surface area contributed by atoms with Crippen molar-refractivity contribution in [3.63, 3.8) is 0 Å². The molecule has 6 heteroatoms. The third-order valence-electron chi connectivity index (χ3n) is 5.02. The Morgan fingerprint density at radius 1 is 1.05 bits per heavy atom. The quantitative estimate of drug-likeness (QED) is 0.783. The van der Waals surface area contributed by atoms with E-state index in [0.29, 0.717) is 32.7 Å². The molecule has 22 heavy (non-hydrogen) atoms. The maximum atomic E-state index is 12.5. The number of nitrogens with two attached hydrogens (primary N) is 1. The Morgan fingerprint density at radius 2 is 1.64 bits per heavy atom. The van der Waals surface area contributed by atoms with Crippen molar-refractivity contribution in [2.45, 2.75) is 39.2 Å². The Bertz CT molecular complexity index is 390. The largest absolute Gasteiger partial charge is 0.339 e. The number of nitrogens with zero attached hydrogens (tertiary/aromatic N) is 3. The Kier molecular flexibility index (Phi) is 6.20. The van der Waals surface area contributed by atoms with Crippen LogP contribution >= 0.6 is 0 Å². The first-order valence-electron chi connectivity index (χ1n) is 8.59. The molecule has 2 atom stereocenters. The molecule has 0 aromatic rings. The van der Waals surface area contributed by atoms with Gasteiger partial charge in [-0.15, -0.1) is 0 Å². The zero-order chi connectivity index (χ0) is 16.1. The molecule has 0 radical (unpaired) electrons. The molecule has 2 rings (SSSR count). The molecule has 2 amide bonds. The minimum absolute atomic E-state index is 0.105. The molecule has 0 aromatic heterocycles. The first kappa shape index (κ1) is 17.2. The van der Waals surface area contributed by atoms with Gasteiger partial charge in [0.05, 0.1) is 6.54 Å². The molecule has 2 N–H and O–H groups in total. The lowest BCUT2D eigenvalue weighted by Gasteiger charge is -2.36. The zero-order valence-corrected chi connectivity index (χ0v) is 14.0. The molecule has 2 fully saturated rings. The van der Waals surface area contributed by atoms with Crippen LogP contribution in [-0.4, -0.2) is 78.4 Å². The number of likely N-dealkylation sites (N-methyl/N-ethyl adjacent to an activating group) is 1. The topological polar surface area (TPSA) is 69.9 Å². The fourth-order valence-corrected chi connectivity index (χ4v) is 3.41.